The third-order valence-electron chi connectivity index (χ3n) is 2.73. The zero-order chi connectivity index (χ0) is 10.4. The van der Waals surface area contributed by atoms with E-state index >= 15 is 0 Å². The average Bonchev–Trinajstić information content (AvgIpc) is 2.26. The Morgan fingerprint density at radius 2 is 2.14 bits per heavy atom. The third kappa shape index (κ3) is 3.20. The fourth-order valence-corrected chi connectivity index (χ4v) is 1.74. The molecule has 0 saturated carbocycles. The fourth-order valence-electron chi connectivity index (χ4n) is 1.74. The van der Waals surface area contributed by atoms with Crippen LogP contribution < -0.4 is 0 Å². The molecule has 0 spiro atoms. The van der Waals surface area contributed by atoms with Crippen LogP contribution in [-0.2, 0) is 14.2 Å². The molecule has 1 aliphatic rings. The first kappa shape index (κ1) is 11.9. The van der Waals surface area contributed by atoms with Crippen molar-refractivity contribution in [3.05, 3.63) is 0 Å². The monoisotopic (exact) mass is 203 g/mol. The summed E-state index contributed by atoms with van der Waals surface area (Å²) in [6, 6.07) is 0.511. The summed E-state index contributed by atoms with van der Waals surface area (Å²) in [6.45, 7) is 5.63. The Morgan fingerprint density at radius 1 is 1.43 bits per heavy atom. The standard InChI is InChI=1S/C10H21NO3/c1-4-9-8-14-6-5-11(9)7-10(12-2)13-3/h9-10H,4-8H2,1-3H3. The van der Waals surface area contributed by atoms with E-state index in [1.54, 1.807) is 14.2 Å². The average molecular weight is 203 g/mol. The zero-order valence-corrected chi connectivity index (χ0v) is 9.36. The smallest absolute Gasteiger partial charge is 0.169 e. The molecule has 84 valence electrons. The van der Waals surface area contributed by atoms with Gasteiger partial charge in [0.05, 0.1) is 13.2 Å². The Bertz CT molecular complexity index is 150. The van der Waals surface area contributed by atoms with Crippen LogP contribution in [0.1, 0.15) is 13.3 Å². The second-order valence-electron chi connectivity index (χ2n) is 3.53. The molecule has 0 aliphatic carbocycles. The van der Waals surface area contributed by atoms with Gasteiger partial charge in [0.25, 0.3) is 0 Å². The van der Waals surface area contributed by atoms with Gasteiger partial charge in [-0.25, -0.2) is 0 Å². The van der Waals surface area contributed by atoms with Crippen LogP contribution in [0.5, 0.6) is 0 Å². The van der Waals surface area contributed by atoms with E-state index < -0.39 is 0 Å². The Hall–Kier alpha value is -0.160. The summed E-state index contributed by atoms with van der Waals surface area (Å²) >= 11 is 0. The first-order chi connectivity index (χ1) is 6.81. The van der Waals surface area contributed by atoms with Gasteiger partial charge in [0.1, 0.15) is 0 Å². The summed E-state index contributed by atoms with van der Waals surface area (Å²) in [5, 5.41) is 0. The van der Waals surface area contributed by atoms with Gasteiger partial charge in [0.15, 0.2) is 6.29 Å². The van der Waals surface area contributed by atoms with Crippen LogP contribution in [0.15, 0.2) is 0 Å². The minimum absolute atomic E-state index is 0.123. The zero-order valence-electron chi connectivity index (χ0n) is 9.36. The predicted molar refractivity (Wildman–Crippen MR) is 54.3 cm³/mol. The quantitative estimate of drug-likeness (QED) is 0.616. The van der Waals surface area contributed by atoms with Gasteiger partial charge >= 0.3 is 0 Å². The maximum Gasteiger partial charge on any atom is 0.169 e. The number of methoxy groups -OCH3 is 2. The van der Waals surface area contributed by atoms with Crippen LogP contribution in [0.25, 0.3) is 0 Å². The molecule has 0 radical (unpaired) electrons. The van der Waals surface area contributed by atoms with Gasteiger partial charge in [-0.05, 0) is 6.42 Å². The molecule has 14 heavy (non-hydrogen) atoms. The van der Waals surface area contributed by atoms with Gasteiger partial charge in [-0.2, -0.15) is 0 Å². The van der Waals surface area contributed by atoms with Crippen LogP contribution in [0.4, 0.5) is 0 Å². The lowest BCUT2D eigenvalue weighted by atomic mass is 10.2. The van der Waals surface area contributed by atoms with Gasteiger partial charge in [0, 0.05) is 33.4 Å². The largest absolute Gasteiger partial charge is 0.378 e. The molecule has 1 rings (SSSR count). The van der Waals surface area contributed by atoms with Crippen LogP contribution in [0, 0.1) is 0 Å². The fraction of sp³-hybridized carbons (Fsp3) is 1.00. The molecule has 1 saturated heterocycles. The second kappa shape index (κ2) is 6.35. The van der Waals surface area contributed by atoms with Gasteiger partial charge in [0.2, 0.25) is 0 Å². The molecule has 0 amide bonds. The first-order valence-electron chi connectivity index (χ1n) is 5.19. The molecule has 1 atom stereocenters. The molecule has 4 nitrogen and oxygen atoms in total. The summed E-state index contributed by atoms with van der Waals surface area (Å²) in [5.74, 6) is 0. The van der Waals surface area contributed by atoms with Crippen molar-refractivity contribution in [1.29, 1.82) is 0 Å². The van der Waals surface area contributed by atoms with Gasteiger partial charge < -0.3 is 14.2 Å². The third-order valence-corrected chi connectivity index (χ3v) is 2.73. The SMILES string of the molecule is CCC1COCCN1CC(OC)OC. The molecular weight excluding hydrogens is 182 g/mol. The van der Waals surface area contributed by atoms with E-state index in [9.17, 15) is 0 Å². The summed E-state index contributed by atoms with van der Waals surface area (Å²) in [6.07, 6.45) is 0.988. The Labute approximate surface area is 86.1 Å². The molecule has 1 heterocycles. The lowest BCUT2D eigenvalue weighted by molar-refractivity contribution is -0.133. The maximum absolute atomic E-state index is 5.43. The highest BCUT2D eigenvalue weighted by atomic mass is 16.7. The number of hydrogen-bond acceptors (Lipinski definition) is 4. The Morgan fingerprint density at radius 3 is 2.71 bits per heavy atom. The van der Waals surface area contributed by atoms with Crippen LogP contribution >= 0.6 is 0 Å². The van der Waals surface area contributed by atoms with Gasteiger partial charge in [-0.3, -0.25) is 4.90 Å². The van der Waals surface area contributed by atoms with Crippen molar-refractivity contribution >= 4 is 0 Å². The first-order valence-corrected chi connectivity index (χ1v) is 5.19. The molecule has 0 aromatic carbocycles. The summed E-state index contributed by atoms with van der Waals surface area (Å²) in [7, 11) is 3.35. The van der Waals surface area contributed by atoms with Crippen molar-refractivity contribution in [2.24, 2.45) is 0 Å². The van der Waals surface area contributed by atoms with Crippen molar-refractivity contribution in [1.82, 2.24) is 4.90 Å². The highest BCUT2D eigenvalue weighted by Crippen LogP contribution is 2.11. The highest BCUT2D eigenvalue weighted by Gasteiger charge is 2.23. The molecule has 0 bridgehead atoms. The van der Waals surface area contributed by atoms with Crippen molar-refractivity contribution < 1.29 is 14.2 Å². The van der Waals surface area contributed by atoms with E-state index in [1.165, 1.54) is 0 Å². The van der Waals surface area contributed by atoms with E-state index in [0.717, 1.165) is 32.7 Å². The molecule has 4 heteroatoms. The van der Waals surface area contributed by atoms with Crippen LogP contribution in [0.3, 0.4) is 0 Å². The minimum atomic E-state index is -0.123. The van der Waals surface area contributed by atoms with Gasteiger partial charge in [-0.1, -0.05) is 6.92 Å². The molecule has 1 aliphatic heterocycles. The van der Waals surface area contributed by atoms with Crippen molar-refractivity contribution in [3.63, 3.8) is 0 Å². The van der Waals surface area contributed by atoms with E-state index in [1.807, 2.05) is 0 Å². The molecule has 1 unspecified atom stereocenters. The number of rotatable bonds is 5. The molecule has 1 fully saturated rings. The Kier molecular flexibility index (Phi) is 5.40. The molecular formula is C10H21NO3. The van der Waals surface area contributed by atoms with Crippen LogP contribution in [-0.4, -0.2) is 57.8 Å². The number of morpholine rings is 1. The van der Waals surface area contributed by atoms with Crippen molar-refractivity contribution in [2.75, 3.05) is 40.5 Å². The second-order valence-corrected chi connectivity index (χ2v) is 3.53. The number of ether oxygens (including phenoxy) is 3. The lowest BCUT2D eigenvalue weighted by Gasteiger charge is -2.36. The predicted octanol–water partition coefficient (Wildman–Crippen LogP) is 0.716. The summed E-state index contributed by atoms with van der Waals surface area (Å²) in [4.78, 5) is 2.38. The summed E-state index contributed by atoms with van der Waals surface area (Å²) in [5.41, 5.74) is 0. The lowest BCUT2D eigenvalue weighted by Crippen LogP contribution is -2.48. The number of hydrogen-bond donors (Lipinski definition) is 0. The molecule has 0 N–H and O–H groups in total. The maximum atomic E-state index is 5.43. The highest BCUT2D eigenvalue weighted by molar-refractivity contribution is 4.74. The summed E-state index contributed by atoms with van der Waals surface area (Å²) < 4.78 is 15.8. The Balaban J connectivity index is 2.39. The van der Waals surface area contributed by atoms with E-state index in [-0.39, 0.29) is 6.29 Å². The topological polar surface area (TPSA) is 30.9 Å². The van der Waals surface area contributed by atoms with Gasteiger partial charge in [-0.15, -0.1) is 0 Å². The van der Waals surface area contributed by atoms with Crippen molar-refractivity contribution in [2.45, 2.75) is 25.7 Å². The minimum Gasteiger partial charge on any atom is -0.378 e. The van der Waals surface area contributed by atoms with E-state index in [4.69, 9.17) is 14.2 Å². The van der Waals surface area contributed by atoms with Crippen molar-refractivity contribution in [3.8, 4) is 0 Å². The molecule has 0 aromatic heterocycles. The van der Waals surface area contributed by atoms with E-state index in [0.29, 0.717) is 6.04 Å². The van der Waals surface area contributed by atoms with Crippen LogP contribution in [0.2, 0.25) is 0 Å². The number of nitrogens with zero attached hydrogens (tertiary/aromatic N) is 1. The van der Waals surface area contributed by atoms with E-state index in [2.05, 4.69) is 11.8 Å². The molecule has 0 aromatic rings. The normalized spacial score (nSPS) is 24.4.